The summed E-state index contributed by atoms with van der Waals surface area (Å²) in [7, 11) is 0. The molecule has 79 heavy (non-hydrogen) atoms. The van der Waals surface area contributed by atoms with Crippen molar-refractivity contribution in [1.29, 1.82) is 0 Å². The van der Waals surface area contributed by atoms with Gasteiger partial charge in [-0.2, -0.15) is 0 Å². The van der Waals surface area contributed by atoms with Crippen molar-refractivity contribution < 1.29 is 28.6 Å². The Morgan fingerprint density at radius 1 is 0.253 bits per heavy atom. The molecule has 0 spiro atoms. The van der Waals surface area contributed by atoms with Crippen LogP contribution >= 0.6 is 0 Å². The van der Waals surface area contributed by atoms with Crippen LogP contribution in [-0.2, 0) is 28.6 Å². The Kier molecular flexibility index (Phi) is 65.1. The molecule has 0 rings (SSSR count). The number of carbonyl (C=O) groups is 3. The Labute approximate surface area is 491 Å². The number of hydrogen-bond donors (Lipinski definition) is 0. The molecule has 0 aromatic carbocycles. The van der Waals surface area contributed by atoms with Gasteiger partial charge >= 0.3 is 17.9 Å². The van der Waals surface area contributed by atoms with E-state index in [-0.39, 0.29) is 31.1 Å². The SMILES string of the molecule is CCCCCC/C=C\C/C=C\CCCCCCCCCC(=O)OC(COC(=O)CCCCCCCCCCCC/C=C\C/C=C\C/C=C\CCCCCCC)COC(=O)CCCCCCCCCCCCCCCCCCCC. The van der Waals surface area contributed by atoms with Gasteiger partial charge in [0.2, 0.25) is 0 Å². The highest BCUT2D eigenvalue weighted by Gasteiger charge is 2.19. The highest BCUT2D eigenvalue weighted by atomic mass is 16.6. The second-order valence-electron chi connectivity index (χ2n) is 23.4. The molecule has 0 saturated carbocycles. The molecule has 0 aliphatic rings. The third-order valence-corrected chi connectivity index (χ3v) is 15.5. The van der Waals surface area contributed by atoms with Crippen molar-refractivity contribution in [2.75, 3.05) is 13.2 Å². The number of ether oxygens (including phenoxy) is 3. The zero-order chi connectivity index (χ0) is 57.1. The van der Waals surface area contributed by atoms with E-state index in [1.54, 1.807) is 0 Å². The van der Waals surface area contributed by atoms with Crippen LogP contribution in [0.25, 0.3) is 0 Å². The van der Waals surface area contributed by atoms with Crippen LogP contribution in [0.4, 0.5) is 0 Å². The molecule has 0 N–H and O–H groups in total. The van der Waals surface area contributed by atoms with E-state index in [1.165, 1.54) is 244 Å². The van der Waals surface area contributed by atoms with Gasteiger partial charge in [-0.15, -0.1) is 0 Å². The Bertz CT molecular complexity index is 1410. The molecule has 0 aromatic rings. The number of esters is 3. The summed E-state index contributed by atoms with van der Waals surface area (Å²) in [5, 5.41) is 0. The number of rotatable bonds is 64. The number of allylic oxidation sites excluding steroid dienone is 10. The molecule has 1 atom stereocenters. The lowest BCUT2D eigenvalue weighted by atomic mass is 10.0. The quantitative estimate of drug-likeness (QED) is 0.0261. The van der Waals surface area contributed by atoms with Crippen LogP contribution in [-0.4, -0.2) is 37.2 Å². The molecule has 460 valence electrons. The van der Waals surface area contributed by atoms with Crippen molar-refractivity contribution >= 4 is 17.9 Å². The van der Waals surface area contributed by atoms with Crippen LogP contribution in [0.5, 0.6) is 0 Å². The average Bonchev–Trinajstić information content (AvgIpc) is 3.45. The Hall–Kier alpha value is -2.89. The van der Waals surface area contributed by atoms with Gasteiger partial charge in [-0.3, -0.25) is 14.4 Å². The van der Waals surface area contributed by atoms with E-state index in [0.717, 1.165) is 83.5 Å². The minimum atomic E-state index is -0.780. The molecule has 0 amide bonds. The third-order valence-electron chi connectivity index (χ3n) is 15.5. The smallest absolute Gasteiger partial charge is 0.306 e. The van der Waals surface area contributed by atoms with Crippen molar-refractivity contribution in [2.24, 2.45) is 0 Å². The molecule has 0 fully saturated rings. The zero-order valence-corrected chi connectivity index (χ0v) is 52.9. The molecule has 0 radical (unpaired) electrons. The second kappa shape index (κ2) is 67.6. The summed E-state index contributed by atoms with van der Waals surface area (Å²) in [6, 6.07) is 0. The van der Waals surface area contributed by atoms with Crippen molar-refractivity contribution in [3.05, 3.63) is 60.8 Å². The highest BCUT2D eigenvalue weighted by Crippen LogP contribution is 2.18. The van der Waals surface area contributed by atoms with E-state index < -0.39 is 6.10 Å². The molecule has 0 aliphatic carbocycles. The van der Waals surface area contributed by atoms with E-state index in [9.17, 15) is 14.4 Å². The summed E-state index contributed by atoms with van der Waals surface area (Å²) in [4.78, 5) is 38.4. The lowest BCUT2D eigenvalue weighted by Crippen LogP contribution is -2.30. The molecule has 0 aliphatic heterocycles. The predicted octanol–water partition coefficient (Wildman–Crippen LogP) is 23.9. The largest absolute Gasteiger partial charge is 0.462 e. The first-order valence-electron chi connectivity index (χ1n) is 34.8. The molecule has 6 heteroatoms. The van der Waals surface area contributed by atoms with Crippen LogP contribution in [0.1, 0.15) is 367 Å². The molecule has 6 nitrogen and oxygen atoms in total. The molecule has 0 bridgehead atoms. The van der Waals surface area contributed by atoms with Gasteiger partial charge in [0, 0.05) is 19.3 Å². The summed E-state index contributed by atoms with van der Waals surface area (Å²) in [5.74, 6) is -0.863. The first-order chi connectivity index (χ1) is 39.0. The van der Waals surface area contributed by atoms with E-state index in [2.05, 4.69) is 81.5 Å². The Morgan fingerprint density at radius 2 is 0.456 bits per heavy atom. The van der Waals surface area contributed by atoms with Crippen molar-refractivity contribution in [2.45, 2.75) is 374 Å². The molecule has 0 aromatic heterocycles. The maximum absolute atomic E-state index is 12.9. The average molecular weight is 1110 g/mol. The fourth-order valence-corrected chi connectivity index (χ4v) is 10.2. The zero-order valence-electron chi connectivity index (χ0n) is 52.9. The van der Waals surface area contributed by atoms with E-state index in [0.29, 0.717) is 19.3 Å². The van der Waals surface area contributed by atoms with Crippen LogP contribution in [0, 0.1) is 0 Å². The standard InChI is InChI=1S/C73H132O6/c1-4-7-10-13-16-19-22-25-28-31-34-35-36-37-38-39-40-43-45-48-51-54-57-60-63-66-72(75)78-69-70(79-73(76)67-64-61-58-55-52-49-46-42-33-30-27-24-21-18-15-12-9-6-3)68-77-71(74)65-62-59-56-53-50-47-44-41-32-29-26-23-20-17-14-11-8-5-2/h21-22,24-25,30-31,33-34,36-37,70H,4-20,23,26-29,32,35,38-69H2,1-3H3/b24-21-,25-22-,33-30-,34-31-,37-36-. The fraction of sp³-hybridized carbons (Fsp3) is 0.822. The van der Waals surface area contributed by atoms with Crippen LogP contribution in [0.2, 0.25) is 0 Å². The van der Waals surface area contributed by atoms with Crippen LogP contribution in [0.15, 0.2) is 60.8 Å². The van der Waals surface area contributed by atoms with Gasteiger partial charge in [-0.05, 0) is 89.9 Å². The topological polar surface area (TPSA) is 78.9 Å². The van der Waals surface area contributed by atoms with Gasteiger partial charge in [0.1, 0.15) is 13.2 Å². The lowest BCUT2D eigenvalue weighted by molar-refractivity contribution is -0.167. The monoisotopic (exact) mass is 1110 g/mol. The maximum atomic E-state index is 12.9. The van der Waals surface area contributed by atoms with Gasteiger partial charge in [-0.1, -0.05) is 319 Å². The van der Waals surface area contributed by atoms with Gasteiger partial charge < -0.3 is 14.2 Å². The van der Waals surface area contributed by atoms with E-state index in [4.69, 9.17) is 14.2 Å². The summed E-state index contributed by atoms with van der Waals surface area (Å²) < 4.78 is 17.0. The summed E-state index contributed by atoms with van der Waals surface area (Å²) >= 11 is 0. The Morgan fingerprint density at radius 3 is 0.722 bits per heavy atom. The minimum Gasteiger partial charge on any atom is -0.462 e. The molecular formula is C73H132O6. The molecule has 0 saturated heterocycles. The van der Waals surface area contributed by atoms with Gasteiger partial charge in [0.25, 0.3) is 0 Å². The Balaban J connectivity index is 4.33. The maximum Gasteiger partial charge on any atom is 0.306 e. The van der Waals surface area contributed by atoms with E-state index >= 15 is 0 Å². The third kappa shape index (κ3) is 65.8. The minimum absolute atomic E-state index is 0.0748. The normalized spacial score (nSPS) is 12.4. The molecule has 0 heterocycles. The second-order valence-corrected chi connectivity index (χ2v) is 23.4. The van der Waals surface area contributed by atoms with Gasteiger partial charge in [-0.25, -0.2) is 0 Å². The predicted molar refractivity (Wildman–Crippen MR) is 344 cm³/mol. The summed E-state index contributed by atoms with van der Waals surface area (Å²) in [6.45, 7) is 6.66. The summed E-state index contributed by atoms with van der Waals surface area (Å²) in [5.41, 5.74) is 0. The number of hydrogen-bond acceptors (Lipinski definition) is 6. The number of carbonyl (C=O) groups excluding carboxylic acids is 3. The summed E-state index contributed by atoms with van der Waals surface area (Å²) in [6.07, 6.45) is 86.6. The fourth-order valence-electron chi connectivity index (χ4n) is 10.2. The molecular weight excluding hydrogens is 973 g/mol. The van der Waals surface area contributed by atoms with Crippen molar-refractivity contribution in [3.8, 4) is 0 Å². The number of unbranched alkanes of at least 4 members (excludes halogenated alkanes) is 43. The molecule has 1 unspecified atom stereocenters. The van der Waals surface area contributed by atoms with Gasteiger partial charge in [0.05, 0.1) is 0 Å². The van der Waals surface area contributed by atoms with Crippen LogP contribution < -0.4 is 0 Å². The first-order valence-corrected chi connectivity index (χ1v) is 34.8. The van der Waals surface area contributed by atoms with Crippen molar-refractivity contribution in [3.63, 3.8) is 0 Å². The first kappa shape index (κ1) is 76.1. The van der Waals surface area contributed by atoms with Crippen LogP contribution in [0.3, 0.4) is 0 Å². The van der Waals surface area contributed by atoms with Crippen molar-refractivity contribution in [1.82, 2.24) is 0 Å². The lowest BCUT2D eigenvalue weighted by Gasteiger charge is -2.18. The highest BCUT2D eigenvalue weighted by molar-refractivity contribution is 5.71. The van der Waals surface area contributed by atoms with Gasteiger partial charge in [0.15, 0.2) is 6.10 Å². The van der Waals surface area contributed by atoms with E-state index in [1.807, 2.05) is 0 Å².